The molecule has 3 aromatic rings. The molecule has 158 valence electrons. The molecule has 1 fully saturated rings. The van der Waals surface area contributed by atoms with Gasteiger partial charge in [-0.1, -0.05) is 12.1 Å². The minimum atomic E-state index is -0.00562. The normalized spacial score (nSPS) is 16.4. The van der Waals surface area contributed by atoms with E-state index in [0.29, 0.717) is 6.54 Å². The second-order valence-electron chi connectivity index (χ2n) is 8.02. The maximum Gasteiger partial charge on any atom is 0.253 e. The van der Waals surface area contributed by atoms with Crippen molar-refractivity contribution in [3.63, 3.8) is 0 Å². The van der Waals surface area contributed by atoms with Gasteiger partial charge in [0.15, 0.2) is 0 Å². The van der Waals surface area contributed by atoms with Crippen molar-refractivity contribution >= 4 is 23.7 Å². The second kappa shape index (κ2) is 8.40. The van der Waals surface area contributed by atoms with E-state index in [1.54, 1.807) is 0 Å². The molecule has 2 aliphatic rings. The lowest BCUT2D eigenvalue weighted by atomic mass is 10.1. The topological polar surface area (TPSA) is 70.2 Å². The number of morpholine rings is 1. The highest BCUT2D eigenvalue weighted by molar-refractivity contribution is 5.97. The molecule has 2 N–H and O–H groups in total. The first kappa shape index (κ1) is 19.6. The fourth-order valence-corrected chi connectivity index (χ4v) is 4.20. The molecule has 2 aromatic heterocycles. The van der Waals surface area contributed by atoms with E-state index in [9.17, 15) is 4.79 Å². The van der Waals surface area contributed by atoms with Gasteiger partial charge in [-0.05, 0) is 54.5 Å². The Morgan fingerprint density at radius 3 is 2.77 bits per heavy atom. The van der Waals surface area contributed by atoms with E-state index in [1.807, 2.05) is 30.5 Å². The molecular formula is C25H26N4O2. The number of fused-ring (bicyclic) bond motifs is 1. The molecule has 0 atom stereocenters. The number of aryl methyl sites for hydroxylation is 1. The van der Waals surface area contributed by atoms with Gasteiger partial charge in [0, 0.05) is 54.9 Å². The number of anilines is 1. The standard InChI is InChI=1S/C25H26N4O2/c1-17-14-21(29-10-12-31-13-11-29)5-3-18(17)2-4-20-15-19(6-8-26-20)24-16-22-23(28-24)7-9-27-25(22)30/h2-6,8,14-16,28H,7,9-13H2,1H3,(H,27,30). The zero-order valence-electron chi connectivity index (χ0n) is 17.6. The van der Waals surface area contributed by atoms with Gasteiger partial charge >= 0.3 is 0 Å². The zero-order valence-corrected chi connectivity index (χ0v) is 17.6. The smallest absolute Gasteiger partial charge is 0.253 e. The summed E-state index contributed by atoms with van der Waals surface area (Å²) >= 11 is 0. The summed E-state index contributed by atoms with van der Waals surface area (Å²) in [6.45, 7) is 6.28. The molecule has 0 aliphatic carbocycles. The fraction of sp³-hybridized carbons (Fsp3) is 0.280. The average molecular weight is 415 g/mol. The summed E-state index contributed by atoms with van der Waals surface area (Å²) < 4.78 is 5.45. The third-order valence-corrected chi connectivity index (χ3v) is 5.96. The summed E-state index contributed by atoms with van der Waals surface area (Å²) in [6, 6.07) is 12.5. The van der Waals surface area contributed by atoms with Crippen LogP contribution >= 0.6 is 0 Å². The maximum absolute atomic E-state index is 12.0. The van der Waals surface area contributed by atoms with Crippen LogP contribution in [0.4, 0.5) is 5.69 Å². The van der Waals surface area contributed by atoms with Crippen molar-refractivity contribution in [3.8, 4) is 11.3 Å². The van der Waals surface area contributed by atoms with Gasteiger partial charge in [0.25, 0.3) is 5.91 Å². The van der Waals surface area contributed by atoms with E-state index >= 15 is 0 Å². The number of rotatable bonds is 4. The maximum atomic E-state index is 12.0. The highest BCUT2D eigenvalue weighted by Crippen LogP contribution is 2.25. The number of aromatic amines is 1. The Morgan fingerprint density at radius 1 is 1.10 bits per heavy atom. The lowest BCUT2D eigenvalue weighted by molar-refractivity contribution is 0.0946. The predicted molar refractivity (Wildman–Crippen MR) is 123 cm³/mol. The quantitative estimate of drug-likeness (QED) is 0.683. The number of carbonyl (C=O) groups is 1. The van der Waals surface area contributed by atoms with Crippen LogP contribution in [0.3, 0.4) is 0 Å². The second-order valence-corrected chi connectivity index (χ2v) is 8.02. The third-order valence-electron chi connectivity index (χ3n) is 5.96. The Bertz CT molecular complexity index is 1140. The minimum absolute atomic E-state index is 0.00562. The SMILES string of the molecule is Cc1cc(N2CCOCC2)ccc1C=Cc1cc(-c2cc3c([nH]2)CCNC3=O)ccn1. The fourth-order valence-electron chi connectivity index (χ4n) is 4.20. The van der Waals surface area contributed by atoms with Gasteiger partial charge in [-0.3, -0.25) is 9.78 Å². The Kier molecular flexibility index (Phi) is 5.30. The minimum Gasteiger partial charge on any atom is -0.378 e. The Hall–Kier alpha value is -3.38. The first-order valence-corrected chi connectivity index (χ1v) is 10.8. The molecule has 31 heavy (non-hydrogen) atoms. The molecular weight excluding hydrogens is 388 g/mol. The van der Waals surface area contributed by atoms with Crippen LogP contribution in [0.1, 0.15) is 32.9 Å². The summed E-state index contributed by atoms with van der Waals surface area (Å²) in [6.07, 6.45) is 6.79. The Morgan fingerprint density at radius 2 is 1.97 bits per heavy atom. The highest BCUT2D eigenvalue weighted by atomic mass is 16.5. The molecule has 0 unspecified atom stereocenters. The van der Waals surface area contributed by atoms with E-state index in [4.69, 9.17) is 4.74 Å². The number of hydrogen-bond donors (Lipinski definition) is 2. The van der Waals surface area contributed by atoms with Crippen LogP contribution in [0, 0.1) is 6.92 Å². The summed E-state index contributed by atoms with van der Waals surface area (Å²) in [5.74, 6) is -0.00562. The van der Waals surface area contributed by atoms with Gasteiger partial charge in [-0.15, -0.1) is 0 Å². The lowest BCUT2D eigenvalue weighted by Crippen LogP contribution is -2.36. The zero-order chi connectivity index (χ0) is 21.2. The van der Waals surface area contributed by atoms with Crippen molar-refractivity contribution in [2.24, 2.45) is 0 Å². The summed E-state index contributed by atoms with van der Waals surface area (Å²) in [7, 11) is 0. The van der Waals surface area contributed by atoms with Crippen molar-refractivity contribution in [3.05, 3.63) is 70.7 Å². The van der Waals surface area contributed by atoms with Crippen LogP contribution in [0.15, 0.2) is 42.6 Å². The average Bonchev–Trinajstić information content (AvgIpc) is 3.25. The molecule has 4 heterocycles. The van der Waals surface area contributed by atoms with Gasteiger partial charge in [0.1, 0.15) is 0 Å². The van der Waals surface area contributed by atoms with Gasteiger partial charge in [-0.2, -0.15) is 0 Å². The number of nitrogens with zero attached hydrogens (tertiary/aromatic N) is 2. The molecule has 1 amide bonds. The summed E-state index contributed by atoms with van der Waals surface area (Å²) in [5.41, 5.74) is 8.26. The van der Waals surface area contributed by atoms with Crippen LogP contribution < -0.4 is 10.2 Å². The summed E-state index contributed by atoms with van der Waals surface area (Å²) in [5, 5.41) is 2.89. The number of benzene rings is 1. The Balaban J connectivity index is 1.35. The van der Waals surface area contributed by atoms with Crippen molar-refractivity contribution < 1.29 is 9.53 Å². The van der Waals surface area contributed by atoms with Crippen LogP contribution in [0.25, 0.3) is 23.4 Å². The van der Waals surface area contributed by atoms with Crippen molar-refractivity contribution in [1.82, 2.24) is 15.3 Å². The molecule has 1 saturated heterocycles. The molecule has 0 radical (unpaired) electrons. The van der Waals surface area contributed by atoms with Gasteiger partial charge in [0.2, 0.25) is 0 Å². The molecule has 0 saturated carbocycles. The number of amides is 1. The number of pyridine rings is 1. The van der Waals surface area contributed by atoms with E-state index in [0.717, 1.165) is 60.9 Å². The molecule has 6 heteroatoms. The number of ether oxygens (including phenoxy) is 1. The van der Waals surface area contributed by atoms with Crippen LogP contribution in [-0.4, -0.2) is 48.7 Å². The highest BCUT2D eigenvalue weighted by Gasteiger charge is 2.20. The van der Waals surface area contributed by atoms with Crippen LogP contribution in [0.5, 0.6) is 0 Å². The molecule has 6 nitrogen and oxygen atoms in total. The van der Waals surface area contributed by atoms with E-state index < -0.39 is 0 Å². The number of H-pyrrole nitrogens is 1. The molecule has 0 spiro atoms. The Labute approximate surface area is 182 Å². The molecule has 2 aliphatic heterocycles. The van der Waals surface area contributed by atoms with E-state index in [-0.39, 0.29) is 5.91 Å². The number of aromatic nitrogens is 2. The largest absolute Gasteiger partial charge is 0.378 e. The number of carbonyl (C=O) groups excluding carboxylic acids is 1. The number of nitrogens with one attached hydrogen (secondary N) is 2. The lowest BCUT2D eigenvalue weighted by Gasteiger charge is -2.29. The molecule has 1 aromatic carbocycles. The van der Waals surface area contributed by atoms with Gasteiger partial charge in [0.05, 0.1) is 24.5 Å². The van der Waals surface area contributed by atoms with Crippen LogP contribution in [0.2, 0.25) is 0 Å². The van der Waals surface area contributed by atoms with Gasteiger partial charge < -0.3 is 19.9 Å². The monoisotopic (exact) mass is 414 g/mol. The molecule has 5 rings (SSSR count). The van der Waals surface area contributed by atoms with E-state index in [1.165, 1.54) is 16.8 Å². The molecule has 0 bridgehead atoms. The van der Waals surface area contributed by atoms with Crippen molar-refractivity contribution in [1.29, 1.82) is 0 Å². The summed E-state index contributed by atoms with van der Waals surface area (Å²) in [4.78, 5) is 22.3. The predicted octanol–water partition coefficient (Wildman–Crippen LogP) is 3.68. The first-order valence-electron chi connectivity index (χ1n) is 10.8. The number of hydrogen-bond acceptors (Lipinski definition) is 4. The van der Waals surface area contributed by atoms with Crippen molar-refractivity contribution in [2.75, 3.05) is 37.7 Å². The van der Waals surface area contributed by atoms with Crippen molar-refractivity contribution in [2.45, 2.75) is 13.3 Å². The van der Waals surface area contributed by atoms with Crippen LogP contribution in [-0.2, 0) is 11.2 Å². The van der Waals surface area contributed by atoms with E-state index in [2.05, 4.69) is 51.4 Å². The first-order chi connectivity index (χ1) is 15.2. The third kappa shape index (κ3) is 4.11. The van der Waals surface area contributed by atoms with Gasteiger partial charge in [-0.25, -0.2) is 0 Å².